The average Bonchev–Trinajstić information content (AvgIpc) is 3.29. The number of rotatable bonds is 13. The van der Waals surface area contributed by atoms with Crippen LogP contribution in [0, 0.1) is 0 Å². The Bertz CT molecular complexity index is 1300. The summed E-state index contributed by atoms with van der Waals surface area (Å²) in [6.45, 7) is 2.11. The molecule has 0 aliphatic heterocycles. The number of fused-ring (bicyclic) bond motifs is 3. The van der Waals surface area contributed by atoms with Crippen LogP contribution in [0.5, 0.6) is 0 Å². The van der Waals surface area contributed by atoms with Crippen LogP contribution in [0.1, 0.15) is 29.5 Å². The van der Waals surface area contributed by atoms with Crippen molar-refractivity contribution in [1.82, 2.24) is 15.1 Å². The number of ether oxygens (including phenoxy) is 2. The summed E-state index contributed by atoms with van der Waals surface area (Å²) in [4.78, 5) is 41.5. The van der Waals surface area contributed by atoms with E-state index in [1.807, 2.05) is 85.7 Å². The number of likely N-dealkylation sites (N-methyl/N-ethyl adjacent to an activating group) is 1. The smallest absolute Gasteiger partial charge is 0.407 e. The fourth-order valence-electron chi connectivity index (χ4n) is 4.99. The van der Waals surface area contributed by atoms with Crippen LogP contribution in [0.4, 0.5) is 4.79 Å². The predicted octanol–water partition coefficient (Wildman–Crippen LogP) is 3.97. The number of carboxylic acid groups (broad SMARTS) is 1. The van der Waals surface area contributed by atoms with Crippen LogP contribution in [0.25, 0.3) is 11.1 Å². The summed E-state index contributed by atoms with van der Waals surface area (Å²) in [5, 5.41) is 12.1. The van der Waals surface area contributed by atoms with E-state index >= 15 is 0 Å². The Labute approximate surface area is 240 Å². The molecule has 41 heavy (non-hydrogen) atoms. The highest BCUT2D eigenvalue weighted by Crippen LogP contribution is 2.44. The van der Waals surface area contributed by atoms with Crippen molar-refractivity contribution in [2.75, 3.05) is 40.3 Å². The first kappa shape index (κ1) is 29.8. The number of nitrogens with zero attached hydrogens (tertiary/aromatic N) is 2. The van der Waals surface area contributed by atoms with Crippen LogP contribution in [-0.2, 0) is 25.7 Å². The van der Waals surface area contributed by atoms with E-state index in [0.29, 0.717) is 6.54 Å². The van der Waals surface area contributed by atoms with Gasteiger partial charge < -0.3 is 29.7 Å². The molecule has 0 saturated heterocycles. The molecule has 216 valence electrons. The summed E-state index contributed by atoms with van der Waals surface area (Å²) in [6, 6.07) is 24.4. The first-order valence-corrected chi connectivity index (χ1v) is 13.7. The van der Waals surface area contributed by atoms with Crippen LogP contribution in [-0.4, -0.2) is 85.4 Å². The highest BCUT2D eigenvalue weighted by molar-refractivity contribution is 5.88. The molecule has 0 fully saturated rings. The molecule has 2 N–H and O–H groups in total. The van der Waals surface area contributed by atoms with E-state index in [9.17, 15) is 19.5 Å². The summed E-state index contributed by atoms with van der Waals surface area (Å²) in [5.41, 5.74) is 5.27. The molecule has 0 unspecified atom stereocenters. The summed E-state index contributed by atoms with van der Waals surface area (Å²) in [5.74, 6) is -1.84. The normalized spacial score (nSPS) is 13.7. The fourth-order valence-corrected chi connectivity index (χ4v) is 4.99. The van der Waals surface area contributed by atoms with Gasteiger partial charge in [-0.3, -0.25) is 9.59 Å². The van der Waals surface area contributed by atoms with E-state index in [2.05, 4.69) is 17.4 Å². The lowest BCUT2D eigenvalue weighted by atomic mass is 9.98. The van der Waals surface area contributed by atoms with Crippen molar-refractivity contribution in [3.05, 3.63) is 95.6 Å². The van der Waals surface area contributed by atoms with Crippen molar-refractivity contribution in [3.8, 4) is 11.1 Å². The van der Waals surface area contributed by atoms with Gasteiger partial charge in [-0.1, -0.05) is 78.9 Å². The molecule has 0 aromatic heterocycles. The minimum Gasteiger partial charge on any atom is -0.480 e. The number of hydrogen-bond donors (Lipinski definition) is 2. The molecule has 3 aromatic carbocycles. The van der Waals surface area contributed by atoms with E-state index in [4.69, 9.17) is 9.47 Å². The molecular weight excluding hydrogens is 522 g/mol. The molecular formula is C32H37N3O6. The van der Waals surface area contributed by atoms with Crippen LogP contribution in [0.3, 0.4) is 0 Å². The number of alkyl carbamates (subject to hydrolysis) is 1. The minimum absolute atomic E-state index is 0.0828. The second kappa shape index (κ2) is 13.9. The first-order chi connectivity index (χ1) is 19.7. The van der Waals surface area contributed by atoms with Gasteiger partial charge in [0.25, 0.3) is 0 Å². The minimum atomic E-state index is -1.16. The summed E-state index contributed by atoms with van der Waals surface area (Å²) in [7, 11) is 3.67. The number of aliphatic carboxylic acids is 1. The number of carbonyl (C=O) groups is 3. The Balaban J connectivity index is 1.49. The van der Waals surface area contributed by atoms with E-state index in [0.717, 1.165) is 27.8 Å². The fraction of sp³-hybridized carbons (Fsp3) is 0.344. The van der Waals surface area contributed by atoms with E-state index in [1.165, 1.54) is 4.90 Å². The lowest BCUT2D eigenvalue weighted by Crippen LogP contribution is -2.56. The topological polar surface area (TPSA) is 108 Å². The van der Waals surface area contributed by atoms with Gasteiger partial charge in [0, 0.05) is 19.0 Å². The molecule has 9 heteroatoms. The number of carboxylic acids is 1. The molecule has 0 heterocycles. The van der Waals surface area contributed by atoms with Gasteiger partial charge >= 0.3 is 12.1 Å². The summed E-state index contributed by atoms with van der Waals surface area (Å²) in [6.07, 6.45) is -1.54. The highest BCUT2D eigenvalue weighted by atomic mass is 16.5. The van der Waals surface area contributed by atoms with Crippen molar-refractivity contribution in [2.24, 2.45) is 0 Å². The van der Waals surface area contributed by atoms with Gasteiger partial charge in [-0.25, -0.2) is 4.79 Å². The van der Waals surface area contributed by atoms with Gasteiger partial charge in [0.2, 0.25) is 5.91 Å². The maximum absolute atomic E-state index is 13.7. The number of hydrogen-bond acceptors (Lipinski definition) is 6. The molecule has 0 spiro atoms. The molecule has 0 radical (unpaired) electrons. The largest absolute Gasteiger partial charge is 0.480 e. The van der Waals surface area contributed by atoms with Gasteiger partial charge in [-0.2, -0.15) is 0 Å². The average molecular weight is 560 g/mol. The first-order valence-electron chi connectivity index (χ1n) is 13.7. The van der Waals surface area contributed by atoms with Crippen molar-refractivity contribution >= 4 is 18.0 Å². The van der Waals surface area contributed by atoms with E-state index in [1.54, 1.807) is 6.92 Å². The number of amides is 2. The lowest BCUT2D eigenvalue weighted by Gasteiger charge is -2.30. The Morgan fingerprint density at radius 1 is 0.878 bits per heavy atom. The maximum Gasteiger partial charge on any atom is 0.407 e. The highest BCUT2D eigenvalue weighted by Gasteiger charge is 2.34. The van der Waals surface area contributed by atoms with Crippen LogP contribution < -0.4 is 5.32 Å². The van der Waals surface area contributed by atoms with Crippen molar-refractivity contribution < 1.29 is 29.0 Å². The Kier molecular flexibility index (Phi) is 10.1. The third kappa shape index (κ3) is 7.71. The molecule has 3 aromatic rings. The quantitative estimate of drug-likeness (QED) is 0.326. The number of carbonyl (C=O) groups excluding carboxylic acids is 2. The monoisotopic (exact) mass is 559 g/mol. The zero-order valence-corrected chi connectivity index (χ0v) is 23.7. The Hall–Kier alpha value is -4.21. The third-order valence-corrected chi connectivity index (χ3v) is 7.16. The SMILES string of the molecule is C[C@H](OCc1ccccc1)[C@@H](NC(=O)OCC1c2ccccc2-c2ccccc21)C(=O)N(CCN(C)C)CC(=O)O. The molecule has 1 aliphatic rings. The molecule has 0 saturated carbocycles. The molecule has 0 bridgehead atoms. The number of benzene rings is 3. The zero-order chi connectivity index (χ0) is 29.4. The van der Waals surface area contributed by atoms with Crippen molar-refractivity contribution in [3.63, 3.8) is 0 Å². The molecule has 4 rings (SSSR count). The lowest BCUT2D eigenvalue weighted by molar-refractivity contribution is -0.147. The van der Waals surface area contributed by atoms with Crippen LogP contribution in [0.2, 0.25) is 0 Å². The van der Waals surface area contributed by atoms with Gasteiger partial charge in [0.05, 0.1) is 12.7 Å². The van der Waals surface area contributed by atoms with Gasteiger partial charge in [0.1, 0.15) is 19.2 Å². The van der Waals surface area contributed by atoms with E-state index in [-0.39, 0.29) is 25.7 Å². The molecule has 2 amide bonds. The maximum atomic E-state index is 13.7. The van der Waals surface area contributed by atoms with Crippen molar-refractivity contribution in [1.29, 1.82) is 0 Å². The summed E-state index contributed by atoms with van der Waals surface area (Å²) >= 11 is 0. The second-order valence-corrected chi connectivity index (χ2v) is 10.4. The standard InChI is InChI=1S/C32H37N3O6/c1-22(40-20-23-11-5-4-6-12-23)30(31(38)35(19-29(36)37)18-17-34(2)3)33-32(39)41-21-28-26-15-9-7-13-24(26)25-14-8-10-16-27(25)28/h4-16,22,28,30H,17-21H2,1-3H3,(H,33,39)(H,36,37)/t22-,30+/m0/s1. The predicted molar refractivity (Wildman–Crippen MR) is 155 cm³/mol. The Morgan fingerprint density at radius 3 is 2.05 bits per heavy atom. The van der Waals surface area contributed by atoms with Gasteiger partial charge in [0.15, 0.2) is 0 Å². The third-order valence-electron chi connectivity index (χ3n) is 7.16. The van der Waals surface area contributed by atoms with Crippen LogP contribution >= 0.6 is 0 Å². The van der Waals surface area contributed by atoms with Crippen molar-refractivity contribution in [2.45, 2.75) is 31.6 Å². The Morgan fingerprint density at radius 2 is 1.46 bits per heavy atom. The molecule has 9 nitrogen and oxygen atoms in total. The zero-order valence-electron chi connectivity index (χ0n) is 23.7. The molecule has 1 aliphatic carbocycles. The molecule has 2 atom stereocenters. The van der Waals surface area contributed by atoms with Gasteiger partial charge in [-0.05, 0) is 48.8 Å². The van der Waals surface area contributed by atoms with Gasteiger partial charge in [-0.15, -0.1) is 0 Å². The second-order valence-electron chi connectivity index (χ2n) is 10.4. The van der Waals surface area contributed by atoms with Crippen LogP contribution in [0.15, 0.2) is 78.9 Å². The summed E-state index contributed by atoms with van der Waals surface area (Å²) < 4.78 is 11.7. The van der Waals surface area contributed by atoms with E-state index < -0.39 is 36.7 Å². The number of nitrogens with one attached hydrogen (secondary N) is 1.